The molecule has 0 radical (unpaired) electrons. The zero-order valence-corrected chi connectivity index (χ0v) is 13.9. The van der Waals surface area contributed by atoms with Crippen molar-refractivity contribution in [3.05, 3.63) is 41.0 Å². The lowest BCUT2D eigenvalue weighted by molar-refractivity contribution is 0.0950. The molecule has 1 aromatic heterocycles. The number of hydrogen-bond donors (Lipinski definition) is 2. The van der Waals surface area contributed by atoms with Gasteiger partial charge in [0.1, 0.15) is 0 Å². The summed E-state index contributed by atoms with van der Waals surface area (Å²) in [5, 5.41) is 4.23. The van der Waals surface area contributed by atoms with Crippen molar-refractivity contribution in [3.63, 3.8) is 0 Å². The third-order valence-electron chi connectivity index (χ3n) is 2.97. The zero-order valence-electron chi connectivity index (χ0n) is 11.5. The molecule has 2 aromatic rings. The van der Waals surface area contributed by atoms with Gasteiger partial charge in [0, 0.05) is 18.1 Å². The molecule has 0 bridgehead atoms. The van der Waals surface area contributed by atoms with E-state index < -0.39 is 0 Å². The van der Waals surface area contributed by atoms with Crippen molar-refractivity contribution in [1.82, 2.24) is 10.3 Å². The average molecular weight is 351 g/mol. The van der Waals surface area contributed by atoms with Crippen LogP contribution in [0.25, 0.3) is 10.9 Å². The van der Waals surface area contributed by atoms with E-state index in [2.05, 4.69) is 10.3 Å². The lowest BCUT2D eigenvalue weighted by Crippen LogP contribution is -2.31. The molecule has 2 rings (SSSR count). The van der Waals surface area contributed by atoms with Gasteiger partial charge in [-0.05, 0) is 36.7 Å². The lowest BCUT2D eigenvalue weighted by Gasteiger charge is -2.11. The SMILES string of the molecule is CC(CN)CNC(=O)c1ccc(Cl)c2cccnc12.Cl.Cl. The molecular formula is C14H18Cl3N3O. The quantitative estimate of drug-likeness (QED) is 0.890. The summed E-state index contributed by atoms with van der Waals surface area (Å²) in [5.41, 5.74) is 6.68. The third-order valence-corrected chi connectivity index (χ3v) is 3.30. The van der Waals surface area contributed by atoms with Crippen molar-refractivity contribution in [1.29, 1.82) is 0 Å². The van der Waals surface area contributed by atoms with Crippen LogP contribution in [0.1, 0.15) is 17.3 Å². The number of benzene rings is 1. The molecule has 1 heterocycles. The maximum Gasteiger partial charge on any atom is 0.253 e. The first kappa shape index (κ1) is 19.9. The molecule has 1 amide bonds. The first-order valence-corrected chi connectivity index (χ1v) is 6.52. The highest BCUT2D eigenvalue weighted by molar-refractivity contribution is 6.36. The molecule has 116 valence electrons. The van der Waals surface area contributed by atoms with Gasteiger partial charge >= 0.3 is 0 Å². The second kappa shape index (κ2) is 9.05. The number of aromatic nitrogens is 1. The molecule has 21 heavy (non-hydrogen) atoms. The smallest absolute Gasteiger partial charge is 0.253 e. The Hall–Kier alpha value is -1.07. The van der Waals surface area contributed by atoms with Crippen molar-refractivity contribution in [2.75, 3.05) is 13.1 Å². The van der Waals surface area contributed by atoms with E-state index in [0.29, 0.717) is 29.2 Å². The maximum absolute atomic E-state index is 12.2. The largest absolute Gasteiger partial charge is 0.352 e. The fourth-order valence-electron chi connectivity index (χ4n) is 1.77. The highest BCUT2D eigenvalue weighted by Gasteiger charge is 2.13. The Morgan fingerprint density at radius 1 is 1.38 bits per heavy atom. The van der Waals surface area contributed by atoms with Gasteiger partial charge in [0.15, 0.2) is 0 Å². The fraction of sp³-hybridized carbons (Fsp3) is 0.286. The lowest BCUT2D eigenvalue weighted by atomic mass is 10.1. The first-order valence-electron chi connectivity index (χ1n) is 6.15. The van der Waals surface area contributed by atoms with Crippen LogP contribution in [0.3, 0.4) is 0 Å². The summed E-state index contributed by atoms with van der Waals surface area (Å²) in [6.07, 6.45) is 1.65. The summed E-state index contributed by atoms with van der Waals surface area (Å²) in [4.78, 5) is 16.4. The minimum absolute atomic E-state index is 0. The van der Waals surface area contributed by atoms with Crippen LogP contribution in [0.4, 0.5) is 0 Å². The fourth-order valence-corrected chi connectivity index (χ4v) is 1.98. The number of halogens is 3. The molecule has 0 spiro atoms. The van der Waals surface area contributed by atoms with Gasteiger partial charge in [-0.2, -0.15) is 0 Å². The molecule has 3 N–H and O–H groups in total. The molecule has 1 atom stereocenters. The zero-order chi connectivity index (χ0) is 13.8. The maximum atomic E-state index is 12.2. The number of fused-ring (bicyclic) bond motifs is 1. The molecule has 0 saturated heterocycles. The second-order valence-corrected chi connectivity index (χ2v) is 4.95. The number of carbonyl (C=O) groups is 1. The second-order valence-electron chi connectivity index (χ2n) is 4.55. The highest BCUT2D eigenvalue weighted by atomic mass is 35.5. The van der Waals surface area contributed by atoms with E-state index in [1.807, 2.05) is 13.0 Å². The predicted molar refractivity (Wildman–Crippen MR) is 91.8 cm³/mol. The van der Waals surface area contributed by atoms with Crippen LogP contribution in [0.5, 0.6) is 0 Å². The summed E-state index contributed by atoms with van der Waals surface area (Å²) >= 11 is 6.10. The van der Waals surface area contributed by atoms with Gasteiger partial charge in [-0.25, -0.2) is 0 Å². The van der Waals surface area contributed by atoms with Crippen molar-refractivity contribution < 1.29 is 4.79 Å². The number of nitrogens with two attached hydrogens (primary N) is 1. The number of nitrogens with one attached hydrogen (secondary N) is 1. The normalized spacial score (nSPS) is 11.2. The molecule has 1 aromatic carbocycles. The Morgan fingerprint density at radius 2 is 2.10 bits per heavy atom. The van der Waals surface area contributed by atoms with Crippen LogP contribution < -0.4 is 11.1 Å². The summed E-state index contributed by atoms with van der Waals surface area (Å²) in [7, 11) is 0. The number of nitrogens with zero attached hydrogens (tertiary/aromatic N) is 1. The van der Waals surface area contributed by atoms with Crippen LogP contribution in [0.2, 0.25) is 5.02 Å². The van der Waals surface area contributed by atoms with E-state index in [9.17, 15) is 4.79 Å². The topological polar surface area (TPSA) is 68.0 Å². The third kappa shape index (κ3) is 4.71. The van der Waals surface area contributed by atoms with Gasteiger partial charge < -0.3 is 11.1 Å². The van der Waals surface area contributed by atoms with Crippen LogP contribution in [-0.2, 0) is 0 Å². The van der Waals surface area contributed by atoms with Crippen molar-refractivity contribution >= 4 is 53.2 Å². The Morgan fingerprint density at radius 3 is 2.76 bits per heavy atom. The van der Waals surface area contributed by atoms with Crippen molar-refractivity contribution in [2.24, 2.45) is 11.7 Å². The summed E-state index contributed by atoms with van der Waals surface area (Å²) < 4.78 is 0. The summed E-state index contributed by atoms with van der Waals surface area (Å²) in [6, 6.07) is 7.06. The van der Waals surface area contributed by atoms with Gasteiger partial charge in [-0.15, -0.1) is 24.8 Å². The van der Waals surface area contributed by atoms with Gasteiger partial charge in [-0.1, -0.05) is 18.5 Å². The summed E-state index contributed by atoms with van der Waals surface area (Å²) in [6.45, 7) is 3.07. The monoisotopic (exact) mass is 349 g/mol. The molecular weight excluding hydrogens is 333 g/mol. The van der Waals surface area contributed by atoms with Gasteiger partial charge in [0.2, 0.25) is 0 Å². The van der Waals surface area contributed by atoms with Crippen LogP contribution in [0, 0.1) is 5.92 Å². The number of rotatable bonds is 4. The number of amides is 1. The average Bonchev–Trinajstić information content (AvgIpc) is 2.45. The van der Waals surface area contributed by atoms with E-state index in [1.54, 1.807) is 24.4 Å². The van der Waals surface area contributed by atoms with E-state index >= 15 is 0 Å². The van der Waals surface area contributed by atoms with Crippen LogP contribution in [0.15, 0.2) is 30.5 Å². The van der Waals surface area contributed by atoms with Crippen LogP contribution in [-0.4, -0.2) is 24.0 Å². The van der Waals surface area contributed by atoms with Gasteiger partial charge in [-0.3, -0.25) is 9.78 Å². The molecule has 7 heteroatoms. The number of hydrogen-bond acceptors (Lipinski definition) is 3. The standard InChI is InChI=1S/C14H16ClN3O.2ClH/c1-9(7-16)8-18-14(19)11-4-5-12(15)10-3-2-6-17-13(10)11;;/h2-6,9H,7-8,16H2,1H3,(H,18,19);2*1H. The first-order chi connectivity index (χ1) is 9.13. The van der Waals surface area contributed by atoms with Gasteiger partial charge in [0.25, 0.3) is 5.91 Å². The summed E-state index contributed by atoms with van der Waals surface area (Å²) in [5.74, 6) is 0.0936. The molecule has 0 aliphatic heterocycles. The van der Waals surface area contributed by atoms with Crippen LogP contribution >= 0.6 is 36.4 Å². The molecule has 0 saturated carbocycles. The molecule has 1 unspecified atom stereocenters. The highest BCUT2D eigenvalue weighted by Crippen LogP contribution is 2.24. The van der Waals surface area contributed by atoms with E-state index in [0.717, 1.165) is 5.39 Å². The van der Waals surface area contributed by atoms with E-state index in [1.165, 1.54) is 0 Å². The number of pyridine rings is 1. The number of carbonyl (C=O) groups excluding carboxylic acids is 1. The predicted octanol–water partition coefficient (Wildman–Crippen LogP) is 3.06. The minimum atomic E-state index is -0.152. The Kier molecular flexibility index (Phi) is 8.59. The van der Waals surface area contributed by atoms with E-state index in [-0.39, 0.29) is 36.6 Å². The molecule has 4 nitrogen and oxygen atoms in total. The molecule has 0 aliphatic rings. The van der Waals surface area contributed by atoms with Gasteiger partial charge in [0.05, 0.1) is 16.1 Å². The minimum Gasteiger partial charge on any atom is -0.352 e. The molecule has 0 aliphatic carbocycles. The van der Waals surface area contributed by atoms with Crippen molar-refractivity contribution in [2.45, 2.75) is 6.92 Å². The van der Waals surface area contributed by atoms with E-state index in [4.69, 9.17) is 17.3 Å². The molecule has 0 fully saturated rings. The van der Waals surface area contributed by atoms with Crippen molar-refractivity contribution in [3.8, 4) is 0 Å². The Bertz CT molecular complexity index is 607. The Balaban J connectivity index is 0.00000200. The Labute approximate surface area is 141 Å².